The molecule has 0 N–H and O–H groups in total. The maximum Gasteiger partial charge on any atom is 0.262 e. The molecule has 8 heteroatoms. The fourth-order valence-corrected chi connectivity index (χ4v) is 4.28. The van der Waals surface area contributed by atoms with E-state index >= 15 is 0 Å². The van der Waals surface area contributed by atoms with Crippen molar-refractivity contribution in [1.29, 1.82) is 0 Å². The molecular weight excluding hydrogens is 440 g/mol. The lowest BCUT2D eigenvalue weighted by molar-refractivity contribution is 0.389. The van der Waals surface area contributed by atoms with Gasteiger partial charge in [-0.05, 0) is 30.7 Å². The van der Waals surface area contributed by atoms with Crippen LogP contribution in [-0.2, 0) is 5.75 Å². The van der Waals surface area contributed by atoms with Crippen molar-refractivity contribution in [3.63, 3.8) is 0 Å². The van der Waals surface area contributed by atoms with Gasteiger partial charge in [0, 0.05) is 11.4 Å². The smallest absolute Gasteiger partial charge is 0.262 e. The van der Waals surface area contributed by atoms with Gasteiger partial charge in [-0.1, -0.05) is 63.2 Å². The predicted molar refractivity (Wildman–Crippen MR) is 113 cm³/mol. The molecule has 2 heterocycles. The Morgan fingerprint density at radius 1 is 1.18 bits per heavy atom. The number of halogens is 1. The van der Waals surface area contributed by atoms with Gasteiger partial charge in [0.1, 0.15) is 0 Å². The molecule has 0 unspecified atom stereocenters. The van der Waals surface area contributed by atoms with Gasteiger partial charge in [0.15, 0.2) is 11.0 Å². The Kier molecular flexibility index (Phi) is 5.32. The number of hydrogen-bond donors (Lipinski definition) is 0. The number of fused-ring (bicyclic) bond motifs is 1. The van der Waals surface area contributed by atoms with Crippen molar-refractivity contribution in [2.75, 3.05) is 0 Å². The molecule has 0 radical (unpaired) electrons. The van der Waals surface area contributed by atoms with Gasteiger partial charge in [0.25, 0.3) is 5.56 Å². The zero-order valence-corrected chi connectivity index (χ0v) is 17.7. The molecule has 6 nitrogen and oxygen atoms in total. The van der Waals surface area contributed by atoms with Crippen LogP contribution in [0.4, 0.5) is 0 Å². The zero-order chi connectivity index (χ0) is 19.7. The lowest BCUT2D eigenvalue weighted by Gasteiger charge is -2.19. The third kappa shape index (κ3) is 3.74. The minimum Gasteiger partial charge on any atom is -0.340 e. The highest BCUT2D eigenvalue weighted by atomic mass is 79.9. The summed E-state index contributed by atoms with van der Waals surface area (Å²) in [6.45, 7) is 3.76. The number of rotatable bonds is 5. The number of aryl methyl sites for hydroxylation is 1. The summed E-state index contributed by atoms with van der Waals surface area (Å²) in [6.07, 6.45) is 0. The van der Waals surface area contributed by atoms with Gasteiger partial charge in [0.05, 0.1) is 22.7 Å². The van der Waals surface area contributed by atoms with Gasteiger partial charge in [-0.2, -0.15) is 4.98 Å². The first-order valence-corrected chi connectivity index (χ1v) is 10.5. The van der Waals surface area contributed by atoms with Crippen LogP contribution in [0.2, 0.25) is 0 Å². The van der Waals surface area contributed by atoms with Crippen molar-refractivity contribution in [1.82, 2.24) is 19.7 Å². The first-order valence-electron chi connectivity index (χ1n) is 8.71. The number of thioether (sulfide) groups is 1. The fraction of sp³-hybridized carbons (Fsp3) is 0.200. The van der Waals surface area contributed by atoms with Gasteiger partial charge in [0.2, 0.25) is 5.89 Å². The molecule has 0 spiro atoms. The van der Waals surface area contributed by atoms with Crippen LogP contribution >= 0.6 is 27.7 Å². The third-order valence-corrected chi connectivity index (χ3v) is 5.84. The van der Waals surface area contributed by atoms with E-state index in [0.717, 1.165) is 10.0 Å². The number of hydrogen-bond acceptors (Lipinski definition) is 6. The average molecular weight is 457 g/mol. The van der Waals surface area contributed by atoms with Crippen LogP contribution in [0, 0.1) is 6.92 Å². The maximum atomic E-state index is 13.4. The molecule has 0 saturated carbocycles. The topological polar surface area (TPSA) is 73.8 Å². The third-order valence-electron chi connectivity index (χ3n) is 4.40. The van der Waals surface area contributed by atoms with E-state index in [9.17, 15) is 4.79 Å². The van der Waals surface area contributed by atoms with Crippen molar-refractivity contribution in [3.05, 3.63) is 80.6 Å². The number of benzene rings is 2. The molecule has 1 atom stereocenters. The second-order valence-electron chi connectivity index (χ2n) is 6.34. The van der Waals surface area contributed by atoms with Crippen LogP contribution in [0.1, 0.15) is 30.2 Å². The Morgan fingerprint density at radius 3 is 2.68 bits per heavy atom. The maximum absolute atomic E-state index is 13.4. The van der Waals surface area contributed by atoms with E-state index in [4.69, 9.17) is 9.51 Å². The highest BCUT2D eigenvalue weighted by Crippen LogP contribution is 2.27. The molecule has 0 bridgehead atoms. The lowest BCUT2D eigenvalue weighted by Crippen LogP contribution is -2.27. The van der Waals surface area contributed by atoms with Crippen molar-refractivity contribution in [3.8, 4) is 0 Å². The SMILES string of the molecule is Cc1nc(CSc2nc3ccc(Br)cc3c(=O)n2[C@@H](C)c2ccccc2)no1. The molecule has 0 aliphatic rings. The summed E-state index contributed by atoms with van der Waals surface area (Å²) >= 11 is 4.87. The summed E-state index contributed by atoms with van der Waals surface area (Å²) in [5, 5.41) is 5.14. The zero-order valence-electron chi connectivity index (χ0n) is 15.3. The van der Waals surface area contributed by atoms with Gasteiger partial charge < -0.3 is 4.52 Å². The minimum absolute atomic E-state index is 0.0746. The van der Waals surface area contributed by atoms with Crippen molar-refractivity contribution >= 4 is 38.6 Å². The molecule has 0 fully saturated rings. The first kappa shape index (κ1) is 18.9. The quantitative estimate of drug-likeness (QED) is 0.318. The van der Waals surface area contributed by atoms with E-state index in [0.29, 0.717) is 33.5 Å². The molecule has 2 aromatic carbocycles. The van der Waals surface area contributed by atoms with Gasteiger partial charge in [-0.15, -0.1) is 0 Å². The van der Waals surface area contributed by atoms with Crippen molar-refractivity contribution < 1.29 is 4.52 Å². The Balaban J connectivity index is 1.83. The van der Waals surface area contributed by atoms with Gasteiger partial charge >= 0.3 is 0 Å². The molecule has 0 saturated heterocycles. The summed E-state index contributed by atoms with van der Waals surface area (Å²) in [4.78, 5) is 22.4. The number of nitrogens with zero attached hydrogens (tertiary/aromatic N) is 4. The standard InChI is InChI=1S/C20H17BrN4O2S/c1-12(14-6-4-3-5-7-14)25-19(26)16-10-15(21)8-9-17(16)23-20(25)28-11-18-22-13(2)27-24-18/h3-10,12H,11H2,1-2H3/t12-/m0/s1. The first-order chi connectivity index (χ1) is 13.5. The summed E-state index contributed by atoms with van der Waals surface area (Å²) in [6, 6.07) is 15.3. The molecular formula is C20H17BrN4O2S. The summed E-state index contributed by atoms with van der Waals surface area (Å²) < 4.78 is 7.62. The van der Waals surface area contributed by atoms with Crippen molar-refractivity contribution in [2.45, 2.75) is 30.8 Å². The summed E-state index contributed by atoms with van der Waals surface area (Å²) in [7, 11) is 0. The van der Waals surface area contributed by atoms with E-state index < -0.39 is 0 Å². The lowest BCUT2D eigenvalue weighted by atomic mass is 10.1. The van der Waals surface area contributed by atoms with Gasteiger partial charge in [-0.25, -0.2) is 4.98 Å². The monoisotopic (exact) mass is 456 g/mol. The summed E-state index contributed by atoms with van der Waals surface area (Å²) in [5.74, 6) is 1.56. The summed E-state index contributed by atoms with van der Waals surface area (Å²) in [5.41, 5.74) is 1.63. The molecule has 0 aliphatic heterocycles. The van der Waals surface area contributed by atoms with Crippen LogP contribution in [0.25, 0.3) is 10.9 Å². The largest absolute Gasteiger partial charge is 0.340 e. The Morgan fingerprint density at radius 2 is 1.96 bits per heavy atom. The normalized spacial score (nSPS) is 12.4. The van der Waals surface area contributed by atoms with E-state index in [-0.39, 0.29) is 11.6 Å². The van der Waals surface area contributed by atoms with Crippen LogP contribution in [0.3, 0.4) is 0 Å². The van der Waals surface area contributed by atoms with E-state index in [1.54, 1.807) is 11.5 Å². The predicted octanol–water partition coefficient (Wildman–Crippen LogP) is 4.75. The fourth-order valence-electron chi connectivity index (χ4n) is 3.00. The van der Waals surface area contributed by atoms with Crippen LogP contribution in [-0.4, -0.2) is 19.7 Å². The Hall–Kier alpha value is -2.45. The second kappa shape index (κ2) is 7.89. The van der Waals surface area contributed by atoms with Gasteiger partial charge in [-0.3, -0.25) is 9.36 Å². The van der Waals surface area contributed by atoms with E-state index in [1.165, 1.54) is 11.8 Å². The minimum atomic E-state index is -0.168. The van der Waals surface area contributed by atoms with Crippen LogP contribution in [0.5, 0.6) is 0 Å². The average Bonchev–Trinajstić information content (AvgIpc) is 3.12. The van der Waals surface area contributed by atoms with E-state index in [1.807, 2.05) is 55.5 Å². The molecule has 4 rings (SSSR count). The highest BCUT2D eigenvalue weighted by molar-refractivity contribution is 9.10. The Labute approximate surface area is 174 Å². The molecule has 28 heavy (non-hydrogen) atoms. The molecule has 142 valence electrons. The van der Waals surface area contributed by atoms with Crippen LogP contribution < -0.4 is 5.56 Å². The molecule has 4 aromatic rings. The van der Waals surface area contributed by atoms with Crippen molar-refractivity contribution in [2.24, 2.45) is 0 Å². The number of aromatic nitrogens is 4. The Bertz CT molecular complexity index is 1190. The van der Waals surface area contributed by atoms with E-state index in [2.05, 4.69) is 26.1 Å². The van der Waals surface area contributed by atoms with Crippen LogP contribution in [0.15, 0.2) is 67.5 Å². The molecule has 0 aliphatic carbocycles. The molecule has 2 aromatic heterocycles. The molecule has 0 amide bonds. The highest BCUT2D eigenvalue weighted by Gasteiger charge is 2.19. The second-order valence-corrected chi connectivity index (χ2v) is 8.19.